The van der Waals surface area contributed by atoms with E-state index < -0.39 is 0 Å². The number of likely N-dealkylation sites (tertiary alicyclic amines) is 1. The quantitative estimate of drug-likeness (QED) is 0.370. The van der Waals surface area contributed by atoms with Crippen molar-refractivity contribution in [2.75, 3.05) is 18.4 Å². The smallest absolute Gasteiger partial charge is 0.227 e. The molecule has 3 nitrogen and oxygen atoms in total. The number of anilines is 1. The van der Waals surface area contributed by atoms with Crippen LogP contribution in [0.15, 0.2) is 71.6 Å². The SMILES string of the molecule is Cc1cc(CSc2ccccc2)ccc1NC(=O)C1CCN(Cc2c(F)cccc2Cl)CC1. The lowest BCUT2D eigenvalue weighted by Crippen LogP contribution is -2.38. The average Bonchev–Trinajstić information content (AvgIpc) is 2.83. The first-order valence-electron chi connectivity index (χ1n) is 11.2. The zero-order valence-electron chi connectivity index (χ0n) is 18.7. The van der Waals surface area contributed by atoms with Crippen molar-refractivity contribution in [3.05, 3.63) is 94.3 Å². The van der Waals surface area contributed by atoms with Crippen LogP contribution >= 0.6 is 23.4 Å². The van der Waals surface area contributed by atoms with Crippen LogP contribution in [0.1, 0.15) is 29.5 Å². The predicted molar refractivity (Wildman–Crippen MR) is 135 cm³/mol. The first-order chi connectivity index (χ1) is 16.0. The lowest BCUT2D eigenvalue weighted by Gasteiger charge is -2.31. The highest BCUT2D eigenvalue weighted by Gasteiger charge is 2.26. The van der Waals surface area contributed by atoms with Gasteiger partial charge in [0.25, 0.3) is 0 Å². The van der Waals surface area contributed by atoms with Crippen molar-refractivity contribution in [2.45, 2.75) is 37.0 Å². The molecule has 0 aromatic heterocycles. The first kappa shape index (κ1) is 23.8. The van der Waals surface area contributed by atoms with Crippen LogP contribution < -0.4 is 5.32 Å². The van der Waals surface area contributed by atoms with Crippen molar-refractivity contribution in [3.63, 3.8) is 0 Å². The number of carbonyl (C=O) groups is 1. The van der Waals surface area contributed by atoms with Gasteiger partial charge in [-0.2, -0.15) is 0 Å². The van der Waals surface area contributed by atoms with Crippen molar-refractivity contribution >= 4 is 35.0 Å². The largest absolute Gasteiger partial charge is 0.326 e. The number of amides is 1. The minimum atomic E-state index is -0.275. The van der Waals surface area contributed by atoms with E-state index in [0.717, 1.165) is 42.9 Å². The van der Waals surface area contributed by atoms with Crippen LogP contribution in [0.25, 0.3) is 0 Å². The fourth-order valence-corrected chi connectivity index (χ4v) is 5.22. The van der Waals surface area contributed by atoms with E-state index in [0.29, 0.717) is 17.1 Å². The summed E-state index contributed by atoms with van der Waals surface area (Å²) in [4.78, 5) is 16.3. The molecule has 0 saturated carbocycles. The second-order valence-electron chi connectivity index (χ2n) is 8.49. The number of piperidine rings is 1. The van der Waals surface area contributed by atoms with Gasteiger partial charge in [0.2, 0.25) is 5.91 Å². The molecule has 33 heavy (non-hydrogen) atoms. The van der Waals surface area contributed by atoms with E-state index in [-0.39, 0.29) is 17.6 Å². The number of hydrogen-bond acceptors (Lipinski definition) is 3. The Morgan fingerprint density at radius 2 is 1.85 bits per heavy atom. The molecule has 6 heteroatoms. The van der Waals surface area contributed by atoms with Gasteiger partial charge in [-0.05, 0) is 74.3 Å². The summed E-state index contributed by atoms with van der Waals surface area (Å²) in [6.07, 6.45) is 1.51. The summed E-state index contributed by atoms with van der Waals surface area (Å²) in [6, 6.07) is 21.4. The molecule has 3 aromatic rings. The van der Waals surface area contributed by atoms with Crippen molar-refractivity contribution < 1.29 is 9.18 Å². The minimum Gasteiger partial charge on any atom is -0.326 e. The van der Waals surface area contributed by atoms with E-state index in [9.17, 15) is 9.18 Å². The normalized spacial score (nSPS) is 14.9. The average molecular weight is 483 g/mol. The zero-order valence-corrected chi connectivity index (χ0v) is 20.3. The molecule has 0 radical (unpaired) electrons. The molecular formula is C27H28ClFN2OS. The summed E-state index contributed by atoms with van der Waals surface area (Å²) < 4.78 is 14.1. The number of aryl methyl sites for hydroxylation is 1. The monoisotopic (exact) mass is 482 g/mol. The summed E-state index contributed by atoms with van der Waals surface area (Å²) in [5.74, 6) is 0.644. The number of halogens is 2. The van der Waals surface area contributed by atoms with Gasteiger partial charge in [-0.25, -0.2) is 4.39 Å². The molecule has 1 amide bonds. The molecule has 4 rings (SSSR count). The Morgan fingerprint density at radius 3 is 2.55 bits per heavy atom. The minimum absolute atomic E-state index is 0.0370. The molecule has 0 spiro atoms. The molecule has 1 heterocycles. The molecule has 1 saturated heterocycles. The van der Waals surface area contributed by atoms with Crippen molar-refractivity contribution in [1.29, 1.82) is 0 Å². The van der Waals surface area contributed by atoms with Crippen LogP contribution in [-0.2, 0) is 17.1 Å². The Bertz CT molecular complexity index is 1080. The number of nitrogens with one attached hydrogen (secondary N) is 1. The van der Waals surface area contributed by atoms with E-state index in [4.69, 9.17) is 11.6 Å². The zero-order chi connectivity index (χ0) is 23.2. The fraction of sp³-hybridized carbons (Fsp3) is 0.296. The molecule has 172 valence electrons. The highest BCUT2D eigenvalue weighted by Crippen LogP contribution is 2.27. The van der Waals surface area contributed by atoms with Crippen LogP contribution in [-0.4, -0.2) is 23.9 Å². The van der Waals surface area contributed by atoms with Gasteiger partial charge in [0.05, 0.1) is 0 Å². The number of nitrogens with zero attached hydrogens (tertiary/aromatic N) is 1. The van der Waals surface area contributed by atoms with Crippen molar-refractivity contribution in [2.24, 2.45) is 5.92 Å². The third-order valence-electron chi connectivity index (χ3n) is 6.10. The summed E-state index contributed by atoms with van der Waals surface area (Å²) in [5, 5.41) is 3.57. The number of hydrogen-bond donors (Lipinski definition) is 1. The summed E-state index contributed by atoms with van der Waals surface area (Å²) >= 11 is 7.97. The lowest BCUT2D eigenvalue weighted by atomic mass is 9.95. The first-order valence-corrected chi connectivity index (χ1v) is 12.6. The Balaban J connectivity index is 1.28. The molecule has 0 atom stereocenters. The second kappa shape index (κ2) is 11.2. The standard InChI is InChI=1S/C27H28ClFN2OS/c1-19-16-20(18-33-22-6-3-2-4-7-22)10-11-26(19)30-27(32)21-12-14-31(15-13-21)17-23-24(28)8-5-9-25(23)29/h2-11,16,21H,12-15,17-18H2,1H3,(H,30,32). The third-order valence-corrected chi connectivity index (χ3v) is 7.54. The highest BCUT2D eigenvalue weighted by atomic mass is 35.5. The molecule has 0 aliphatic carbocycles. The van der Waals surface area contributed by atoms with Crippen molar-refractivity contribution in [1.82, 2.24) is 4.90 Å². The van der Waals surface area contributed by atoms with E-state index in [1.165, 1.54) is 16.5 Å². The molecule has 1 aliphatic rings. The fourth-order valence-electron chi connectivity index (χ4n) is 4.13. The van der Waals surface area contributed by atoms with E-state index in [2.05, 4.69) is 34.5 Å². The Hall–Kier alpha value is -2.34. The van der Waals surface area contributed by atoms with Crippen LogP contribution in [0.3, 0.4) is 0 Å². The van der Waals surface area contributed by atoms with Crippen LogP contribution in [0, 0.1) is 18.7 Å². The molecule has 0 bridgehead atoms. The molecule has 1 fully saturated rings. The van der Waals surface area contributed by atoms with Gasteiger partial charge in [-0.15, -0.1) is 11.8 Å². The van der Waals surface area contributed by atoms with Crippen LogP contribution in [0.2, 0.25) is 5.02 Å². The lowest BCUT2D eigenvalue weighted by molar-refractivity contribution is -0.121. The van der Waals surface area contributed by atoms with Gasteiger partial charge in [0.1, 0.15) is 5.82 Å². The van der Waals surface area contributed by atoms with E-state index in [1.54, 1.807) is 23.9 Å². The van der Waals surface area contributed by atoms with Crippen molar-refractivity contribution in [3.8, 4) is 0 Å². The Morgan fingerprint density at radius 1 is 1.09 bits per heavy atom. The maximum absolute atomic E-state index is 14.1. The topological polar surface area (TPSA) is 32.3 Å². The molecule has 0 unspecified atom stereocenters. The van der Waals surface area contributed by atoms with Crippen LogP contribution in [0.4, 0.5) is 10.1 Å². The van der Waals surface area contributed by atoms with Gasteiger partial charge < -0.3 is 5.32 Å². The van der Waals surface area contributed by atoms with Crippen LogP contribution in [0.5, 0.6) is 0 Å². The Labute approximate surface area is 204 Å². The summed E-state index contributed by atoms with van der Waals surface area (Å²) in [6.45, 7) is 4.00. The summed E-state index contributed by atoms with van der Waals surface area (Å²) in [5.41, 5.74) is 3.71. The third kappa shape index (κ3) is 6.38. The van der Waals surface area contributed by atoms with Gasteiger partial charge >= 0.3 is 0 Å². The maximum Gasteiger partial charge on any atom is 0.227 e. The molecular weight excluding hydrogens is 455 g/mol. The number of benzene rings is 3. The number of carbonyl (C=O) groups excluding carboxylic acids is 1. The van der Waals surface area contributed by atoms with E-state index >= 15 is 0 Å². The predicted octanol–water partition coefficient (Wildman–Crippen LogP) is 6.93. The van der Waals surface area contributed by atoms with Gasteiger partial charge in [-0.1, -0.05) is 48.0 Å². The molecule has 1 N–H and O–H groups in total. The molecule has 3 aromatic carbocycles. The maximum atomic E-state index is 14.1. The number of thioether (sulfide) groups is 1. The second-order valence-corrected chi connectivity index (χ2v) is 9.95. The summed E-state index contributed by atoms with van der Waals surface area (Å²) in [7, 11) is 0. The van der Waals surface area contributed by atoms with Gasteiger partial charge in [0, 0.05) is 39.4 Å². The van der Waals surface area contributed by atoms with Gasteiger partial charge in [-0.3, -0.25) is 9.69 Å². The molecule has 1 aliphatic heterocycles. The number of rotatable bonds is 7. The highest BCUT2D eigenvalue weighted by molar-refractivity contribution is 7.98. The van der Waals surface area contributed by atoms with Gasteiger partial charge in [0.15, 0.2) is 0 Å². The van der Waals surface area contributed by atoms with E-state index in [1.807, 2.05) is 31.2 Å². The Kier molecular flexibility index (Phi) is 8.07.